The van der Waals surface area contributed by atoms with Gasteiger partial charge in [-0.15, -0.1) is 0 Å². The van der Waals surface area contributed by atoms with Crippen LogP contribution < -0.4 is 5.32 Å². The van der Waals surface area contributed by atoms with Crippen molar-refractivity contribution in [2.24, 2.45) is 11.8 Å². The zero-order valence-corrected chi connectivity index (χ0v) is 5.90. The van der Waals surface area contributed by atoms with Crippen molar-refractivity contribution >= 4 is 0 Å². The van der Waals surface area contributed by atoms with Gasteiger partial charge in [0.05, 0.1) is 0 Å². The lowest BCUT2D eigenvalue weighted by molar-refractivity contribution is 0.498. The van der Waals surface area contributed by atoms with Crippen LogP contribution in [0.15, 0.2) is 0 Å². The minimum absolute atomic E-state index is 1.07. The summed E-state index contributed by atoms with van der Waals surface area (Å²) in [6, 6.07) is 0. The summed E-state index contributed by atoms with van der Waals surface area (Å²) in [7, 11) is 0. The fourth-order valence-corrected chi connectivity index (χ4v) is 1.86. The van der Waals surface area contributed by atoms with Crippen LogP contribution in [-0.4, -0.2) is 13.1 Å². The highest BCUT2D eigenvalue weighted by Gasteiger charge is 2.36. The molecule has 0 aromatic heterocycles. The third-order valence-electron chi connectivity index (χ3n) is 2.65. The summed E-state index contributed by atoms with van der Waals surface area (Å²) >= 11 is 0. The van der Waals surface area contributed by atoms with E-state index in [4.69, 9.17) is 0 Å². The van der Waals surface area contributed by atoms with Gasteiger partial charge in [-0.1, -0.05) is 12.8 Å². The summed E-state index contributed by atoms with van der Waals surface area (Å²) in [5, 5.41) is 3.48. The maximum absolute atomic E-state index is 3.48. The van der Waals surface area contributed by atoms with E-state index < -0.39 is 0 Å². The van der Waals surface area contributed by atoms with Crippen LogP contribution in [0.25, 0.3) is 0 Å². The first-order valence-corrected chi connectivity index (χ1v) is 4.17. The highest BCUT2D eigenvalue weighted by Crippen LogP contribution is 2.42. The van der Waals surface area contributed by atoms with E-state index in [0.29, 0.717) is 0 Å². The lowest BCUT2D eigenvalue weighted by atomic mass is 10.1. The minimum atomic E-state index is 1.07. The van der Waals surface area contributed by atoms with Crippen LogP contribution in [0.5, 0.6) is 0 Å². The second-order valence-electron chi connectivity index (χ2n) is 3.46. The van der Waals surface area contributed by atoms with Gasteiger partial charge >= 0.3 is 0 Å². The highest BCUT2D eigenvalue weighted by atomic mass is 14.9. The summed E-state index contributed by atoms with van der Waals surface area (Å²) < 4.78 is 0. The molecule has 0 aromatic carbocycles. The number of nitrogens with one attached hydrogen (secondary N) is 1. The predicted octanol–water partition coefficient (Wildman–Crippen LogP) is 1.40. The maximum atomic E-state index is 3.48. The lowest BCUT2D eigenvalue weighted by Crippen LogP contribution is -2.20. The summed E-state index contributed by atoms with van der Waals surface area (Å²) in [4.78, 5) is 0. The van der Waals surface area contributed by atoms with Gasteiger partial charge in [0.25, 0.3) is 0 Å². The zero-order chi connectivity index (χ0) is 6.10. The number of rotatable bonds is 0. The first-order valence-electron chi connectivity index (χ1n) is 4.17. The quantitative estimate of drug-likeness (QED) is 0.516. The van der Waals surface area contributed by atoms with Gasteiger partial charge in [0, 0.05) is 0 Å². The Morgan fingerprint density at radius 3 is 3.11 bits per heavy atom. The van der Waals surface area contributed by atoms with Crippen molar-refractivity contribution in [3.05, 3.63) is 0 Å². The molecule has 2 rings (SSSR count). The van der Waals surface area contributed by atoms with Crippen LogP contribution in [0.2, 0.25) is 0 Å². The molecule has 1 N–H and O–H groups in total. The molecule has 1 heterocycles. The number of fused-ring (bicyclic) bond motifs is 1. The Bertz CT molecular complexity index is 88.7. The van der Waals surface area contributed by atoms with E-state index in [1.54, 1.807) is 0 Å². The van der Waals surface area contributed by atoms with Crippen molar-refractivity contribution in [2.75, 3.05) is 13.1 Å². The molecule has 1 saturated heterocycles. The van der Waals surface area contributed by atoms with Gasteiger partial charge in [-0.05, 0) is 37.8 Å². The van der Waals surface area contributed by atoms with Gasteiger partial charge < -0.3 is 5.32 Å². The molecule has 0 spiro atoms. The Morgan fingerprint density at radius 2 is 2.11 bits per heavy atom. The second kappa shape index (κ2) is 2.30. The second-order valence-corrected chi connectivity index (χ2v) is 3.46. The maximum Gasteiger partial charge on any atom is -0.00178 e. The van der Waals surface area contributed by atoms with E-state index in [9.17, 15) is 0 Å². The smallest absolute Gasteiger partial charge is 0.00178 e. The van der Waals surface area contributed by atoms with E-state index in [1.807, 2.05) is 0 Å². The zero-order valence-electron chi connectivity index (χ0n) is 5.90. The van der Waals surface area contributed by atoms with E-state index in [2.05, 4.69) is 5.32 Å². The molecule has 2 fully saturated rings. The Labute approximate surface area is 56.8 Å². The normalized spacial score (nSPS) is 42.7. The molecule has 1 saturated carbocycles. The van der Waals surface area contributed by atoms with E-state index in [-0.39, 0.29) is 0 Å². The molecule has 1 heteroatoms. The van der Waals surface area contributed by atoms with E-state index in [0.717, 1.165) is 11.8 Å². The van der Waals surface area contributed by atoms with Crippen molar-refractivity contribution in [3.8, 4) is 0 Å². The van der Waals surface area contributed by atoms with Crippen molar-refractivity contribution < 1.29 is 0 Å². The van der Waals surface area contributed by atoms with Crippen molar-refractivity contribution in [1.82, 2.24) is 5.32 Å². The summed E-state index contributed by atoms with van der Waals surface area (Å²) in [5.41, 5.74) is 0. The summed E-state index contributed by atoms with van der Waals surface area (Å²) in [5.74, 6) is 2.20. The topological polar surface area (TPSA) is 12.0 Å². The molecule has 0 aromatic rings. The number of hydrogen-bond acceptors (Lipinski definition) is 1. The standard InChI is InChI=1S/C8H15N/c1-2-4-9-6-8-5-7(8)3-1/h7-9H,1-6H2. The average Bonchev–Trinajstić information content (AvgIpc) is 2.46. The van der Waals surface area contributed by atoms with E-state index in [1.165, 1.54) is 38.8 Å². The fourth-order valence-electron chi connectivity index (χ4n) is 1.86. The molecule has 1 nitrogen and oxygen atoms in total. The van der Waals surface area contributed by atoms with Gasteiger partial charge in [-0.2, -0.15) is 0 Å². The Hall–Kier alpha value is -0.0400. The molecular weight excluding hydrogens is 110 g/mol. The Morgan fingerprint density at radius 1 is 1.11 bits per heavy atom. The SMILES string of the molecule is C1CCC2CC2CNC1. The molecule has 52 valence electrons. The monoisotopic (exact) mass is 125 g/mol. The van der Waals surface area contributed by atoms with Crippen LogP contribution in [0.4, 0.5) is 0 Å². The fraction of sp³-hybridized carbons (Fsp3) is 1.00. The van der Waals surface area contributed by atoms with Gasteiger partial charge in [0.2, 0.25) is 0 Å². The third-order valence-corrected chi connectivity index (χ3v) is 2.65. The van der Waals surface area contributed by atoms with Gasteiger partial charge in [0.15, 0.2) is 0 Å². The highest BCUT2D eigenvalue weighted by molar-refractivity contribution is 4.88. The van der Waals surface area contributed by atoms with Crippen LogP contribution in [0, 0.1) is 11.8 Å². The van der Waals surface area contributed by atoms with Crippen LogP contribution >= 0.6 is 0 Å². The molecule has 1 aliphatic carbocycles. The van der Waals surface area contributed by atoms with Gasteiger partial charge in [-0.3, -0.25) is 0 Å². The molecule has 2 aliphatic rings. The van der Waals surface area contributed by atoms with Crippen molar-refractivity contribution in [2.45, 2.75) is 25.7 Å². The molecule has 1 aliphatic heterocycles. The van der Waals surface area contributed by atoms with Crippen LogP contribution in [0.3, 0.4) is 0 Å². The van der Waals surface area contributed by atoms with Crippen LogP contribution in [-0.2, 0) is 0 Å². The third kappa shape index (κ3) is 1.26. The van der Waals surface area contributed by atoms with E-state index >= 15 is 0 Å². The summed E-state index contributed by atoms with van der Waals surface area (Å²) in [6.07, 6.45) is 5.91. The first-order chi connectivity index (χ1) is 4.47. The number of hydrogen-bond donors (Lipinski definition) is 1. The minimum Gasteiger partial charge on any atom is -0.316 e. The molecular formula is C8H15N. The Balaban J connectivity index is 1.81. The average molecular weight is 125 g/mol. The molecule has 2 atom stereocenters. The molecule has 9 heavy (non-hydrogen) atoms. The lowest BCUT2D eigenvalue weighted by Gasteiger charge is -2.07. The summed E-state index contributed by atoms with van der Waals surface area (Å²) in [6.45, 7) is 2.58. The largest absolute Gasteiger partial charge is 0.316 e. The molecule has 0 bridgehead atoms. The van der Waals surface area contributed by atoms with Crippen molar-refractivity contribution in [3.63, 3.8) is 0 Å². The molecule has 2 unspecified atom stereocenters. The Kier molecular flexibility index (Phi) is 1.46. The molecule has 0 radical (unpaired) electrons. The van der Waals surface area contributed by atoms with Crippen LogP contribution in [0.1, 0.15) is 25.7 Å². The predicted molar refractivity (Wildman–Crippen MR) is 38.3 cm³/mol. The van der Waals surface area contributed by atoms with Crippen molar-refractivity contribution in [1.29, 1.82) is 0 Å². The molecule has 0 amide bonds. The first kappa shape index (κ1) is 5.72. The van der Waals surface area contributed by atoms with Gasteiger partial charge in [0.1, 0.15) is 0 Å². The van der Waals surface area contributed by atoms with Gasteiger partial charge in [-0.25, -0.2) is 0 Å².